The molecule has 0 spiro atoms. The van der Waals surface area contributed by atoms with Crippen molar-refractivity contribution in [1.29, 1.82) is 0 Å². The van der Waals surface area contributed by atoms with Crippen LogP contribution >= 0.6 is 11.6 Å². The Kier molecular flexibility index (Phi) is 7.87. The van der Waals surface area contributed by atoms with Crippen LogP contribution in [0.3, 0.4) is 0 Å². The summed E-state index contributed by atoms with van der Waals surface area (Å²) in [4.78, 5) is 28.5. The van der Waals surface area contributed by atoms with Crippen LogP contribution in [-0.2, 0) is 17.4 Å². The summed E-state index contributed by atoms with van der Waals surface area (Å²) in [6.07, 6.45) is 3.06. The Hall–Kier alpha value is -4.58. The summed E-state index contributed by atoms with van der Waals surface area (Å²) in [6, 6.07) is 9.30. The number of aromatic nitrogens is 4. The number of nitrogens with one attached hydrogen (secondary N) is 4. The Balaban J connectivity index is 1.31. The second-order valence-electron chi connectivity index (χ2n) is 8.81. The van der Waals surface area contributed by atoms with Crippen LogP contribution in [0, 0.1) is 0 Å². The summed E-state index contributed by atoms with van der Waals surface area (Å²) in [6.45, 7) is 0.957. The maximum Gasteiger partial charge on any atom is 0.416 e. The lowest BCUT2D eigenvalue weighted by Crippen LogP contribution is -2.27. The number of H-pyrrole nitrogens is 1. The molecule has 0 saturated carbocycles. The fourth-order valence-corrected chi connectivity index (χ4v) is 4.24. The van der Waals surface area contributed by atoms with Crippen molar-refractivity contribution in [1.82, 2.24) is 25.3 Å². The number of carbonyl (C=O) groups excluding carboxylic acids is 1. The largest absolute Gasteiger partial charge is 0.456 e. The minimum absolute atomic E-state index is 0.00476. The lowest BCUT2D eigenvalue weighted by molar-refractivity contribution is -0.137. The molecule has 0 unspecified atom stereocenters. The molecule has 2 aromatic heterocycles. The number of rotatable bonds is 8. The molecule has 0 atom stereocenters. The van der Waals surface area contributed by atoms with Gasteiger partial charge in [0.2, 0.25) is 5.91 Å². The number of aromatic amines is 1. The number of hydrogen-bond acceptors (Lipinski definition) is 7. The number of anilines is 3. The number of carbonyl (C=O) groups is 1. The SMILES string of the molecule is O=C(NCCc1cnc[nH]1)C1=Cc2c(ncnc2Nc2ccc(Oc3cccc(C(F)(F)F)c3)c(Cl)c2)NCC1. The van der Waals surface area contributed by atoms with Crippen LogP contribution in [0.4, 0.5) is 30.5 Å². The first-order chi connectivity index (χ1) is 19.3. The Morgan fingerprint density at radius 2 is 2.02 bits per heavy atom. The van der Waals surface area contributed by atoms with Crippen LogP contribution in [0.25, 0.3) is 6.08 Å². The molecule has 0 radical (unpaired) electrons. The van der Waals surface area contributed by atoms with Crippen LogP contribution in [0.15, 0.2) is 66.9 Å². The maximum atomic E-state index is 13.0. The highest BCUT2D eigenvalue weighted by Crippen LogP contribution is 2.36. The molecule has 9 nitrogen and oxygen atoms in total. The number of nitrogens with zero attached hydrogens (tertiary/aromatic N) is 3. The number of imidazole rings is 1. The smallest absolute Gasteiger partial charge is 0.416 e. The van der Waals surface area contributed by atoms with Crippen LogP contribution in [0.5, 0.6) is 11.5 Å². The average Bonchev–Trinajstić information content (AvgIpc) is 3.34. The van der Waals surface area contributed by atoms with E-state index in [1.807, 2.05) is 0 Å². The lowest BCUT2D eigenvalue weighted by Gasteiger charge is -2.14. The molecule has 4 aromatic rings. The van der Waals surface area contributed by atoms with E-state index in [4.69, 9.17) is 16.3 Å². The highest BCUT2D eigenvalue weighted by molar-refractivity contribution is 6.32. The number of alkyl halides is 3. The molecule has 13 heteroatoms. The Morgan fingerprint density at radius 1 is 1.15 bits per heavy atom. The van der Waals surface area contributed by atoms with Crippen molar-refractivity contribution in [3.63, 3.8) is 0 Å². The van der Waals surface area contributed by atoms with Crippen molar-refractivity contribution in [3.05, 3.63) is 88.7 Å². The van der Waals surface area contributed by atoms with Crippen LogP contribution in [0.2, 0.25) is 5.02 Å². The molecule has 206 valence electrons. The van der Waals surface area contributed by atoms with Gasteiger partial charge >= 0.3 is 6.18 Å². The van der Waals surface area contributed by atoms with E-state index in [1.165, 1.54) is 24.5 Å². The molecule has 3 heterocycles. The molecule has 0 aliphatic carbocycles. The monoisotopic (exact) mass is 569 g/mol. The van der Waals surface area contributed by atoms with Crippen molar-refractivity contribution >= 4 is 40.9 Å². The highest BCUT2D eigenvalue weighted by atomic mass is 35.5. The average molecular weight is 570 g/mol. The zero-order valence-corrected chi connectivity index (χ0v) is 21.6. The van der Waals surface area contributed by atoms with Gasteiger partial charge in [-0.15, -0.1) is 0 Å². The van der Waals surface area contributed by atoms with E-state index in [9.17, 15) is 18.0 Å². The van der Waals surface area contributed by atoms with Gasteiger partial charge in [0.15, 0.2) is 0 Å². The molecule has 1 aliphatic heterocycles. The standard InChI is InChI=1S/C27H23ClF3N7O2/c28-22-12-18(4-5-23(22)40-20-3-1-2-17(11-20)27(29,30)31)38-25-21-10-16(6-8-33-24(21)36-15-37-25)26(39)34-9-7-19-13-32-14-35-19/h1-5,10-15H,6-9H2,(H,32,35)(H,34,39)(H2,33,36,37,38). The number of amides is 1. The summed E-state index contributed by atoms with van der Waals surface area (Å²) in [5.74, 6) is 0.995. The minimum atomic E-state index is -4.49. The molecule has 2 aromatic carbocycles. The second-order valence-corrected chi connectivity index (χ2v) is 9.22. The third-order valence-electron chi connectivity index (χ3n) is 6.00. The molecular formula is C27H23ClF3N7O2. The van der Waals surface area contributed by atoms with Gasteiger partial charge in [0, 0.05) is 42.7 Å². The topological polar surface area (TPSA) is 117 Å². The van der Waals surface area contributed by atoms with E-state index >= 15 is 0 Å². The molecular weight excluding hydrogens is 547 g/mol. The number of halogens is 4. The first-order valence-electron chi connectivity index (χ1n) is 12.2. The van der Waals surface area contributed by atoms with Crippen LogP contribution < -0.4 is 20.7 Å². The number of fused-ring (bicyclic) bond motifs is 1. The number of hydrogen-bond donors (Lipinski definition) is 4. The van der Waals surface area contributed by atoms with Gasteiger partial charge in [0.25, 0.3) is 0 Å². The van der Waals surface area contributed by atoms with E-state index in [1.54, 1.807) is 30.7 Å². The summed E-state index contributed by atoms with van der Waals surface area (Å²) >= 11 is 6.39. The predicted octanol–water partition coefficient (Wildman–Crippen LogP) is 5.97. The van der Waals surface area contributed by atoms with Crippen LogP contribution in [0.1, 0.15) is 23.2 Å². The fraction of sp³-hybridized carbons (Fsp3) is 0.185. The Bertz CT molecular complexity index is 1540. The van der Waals surface area contributed by atoms with E-state index in [2.05, 4.69) is 35.9 Å². The van der Waals surface area contributed by atoms with Gasteiger partial charge in [0.1, 0.15) is 29.5 Å². The predicted molar refractivity (Wildman–Crippen MR) is 145 cm³/mol. The highest BCUT2D eigenvalue weighted by Gasteiger charge is 2.30. The Morgan fingerprint density at radius 3 is 2.80 bits per heavy atom. The third kappa shape index (κ3) is 6.52. The molecule has 1 amide bonds. The van der Waals surface area contributed by atoms with E-state index < -0.39 is 11.7 Å². The first-order valence-corrected chi connectivity index (χ1v) is 12.6. The molecule has 0 saturated heterocycles. The summed E-state index contributed by atoms with van der Waals surface area (Å²) < 4.78 is 44.7. The Labute approximate surface area is 231 Å². The molecule has 0 fully saturated rings. The van der Waals surface area contributed by atoms with Crippen molar-refractivity contribution in [3.8, 4) is 11.5 Å². The number of benzene rings is 2. The van der Waals surface area contributed by atoms with Gasteiger partial charge in [0.05, 0.1) is 22.5 Å². The van der Waals surface area contributed by atoms with Gasteiger partial charge in [-0.05, 0) is 48.9 Å². The summed E-state index contributed by atoms with van der Waals surface area (Å²) in [5, 5.41) is 9.49. The first kappa shape index (κ1) is 27.0. The summed E-state index contributed by atoms with van der Waals surface area (Å²) in [5.41, 5.74) is 1.81. The molecule has 1 aliphatic rings. The quantitative estimate of drug-likeness (QED) is 0.207. The maximum absolute atomic E-state index is 13.0. The molecule has 0 bridgehead atoms. The van der Waals surface area contributed by atoms with Gasteiger partial charge in [-0.3, -0.25) is 4.79 Å². The second kappa shape index (κ2) is 11.7. The van der Waals surface area contributed by atoms with Crippen LogP contribution in [-0.4, -0.2) is 38.9 Å². The lowest BCUT2D eigenvalue weighted by atomic mass is 10.1. The van der Waals surface area contributed by atoms with Gasteiger partial charge in [-0.25, -0.2) is 15.0 Å². The molecule has 5 rings (SSSR count). The third-order valence-corrected chi connectivity index (χ3v) is 6.29. The number of ether oxygens (including phenoxy) is 1. The van der Waals surface area contributed by atoms with Crippen molar-refractivity contribution in [2.24, 2.45) is 0 Å². The fourth-order valence-electron chi connectivity index (χ4n) is 4.02. The summed E-state index contributed by atoms with van der Waals surface area (Å²) in [7, 11) is 0. The normalized spacial score (nSPS) is 12.9. The van der Waals surface area contributed by atoms with Gasteiger partial charge < -0.3 is 25.7 Å². The van der Waals surface area contributed by atoms with E-state index in [0.717, 1.165) is 17.8 Å². The van der Waals surface area contributed by atoms with E-state index in [0.29, 0.717) is 54.4 Å². The van der Waals surface area contributed by atoms with Crippen molar-refractivity contribution in [2.75, 3.05) is 23.7 Å². The van der Waals surface area contributed by atoms with Gasteiger partial charge in [-0.1, -0.05) is 17.7 Å². The molecule has 40 heavy (non-hydrogen) atoms. The van der Waals surface area contributed by atoms with Crippen molar-refractivity contribution < 1.29 is 22.7 Å². The minimum Gasteiger partial charge on any atom is -0.456 e. The van der Waals surface area contributed by atoms with Crippen molar-refractivity contribution in [2.45, 2.75) is 19.0 Å². The zero-order valence-electron chi connectivity index (χ0n) is 20.8. The van der Waals surface area contributed by atoms with Gasteiger partial charge in [-0.2, -0.15) is 13.2 Å². The molecule has 4 N–H and O–H groups in total. The van der Waals surface area contributed by atoms with E-state index in [-0.39, 0.29) is 22.4 Å². The zero-order chi connectivity index (χ0) is 28.1.